The lowest BCUT2D eigenvalue weighted by molar-refractivity contribution is 0.0535. The van der Waals surface area contributed by atoms with Crippen LogP contribution >= 0.6 is 0 Å². The highest BCUT2D eigenvalue weighted by molar-refractivity contribution is 5.71. The van der Waals surface area contributed by atoms with Gasteiger partial charge in [-0.1, -0.05) is 0 Å². The lowest BCUT2D eigenvalue weighted by Gasteiger charge is -2.26. The number of benzene rings is 1. The van der Waals surface area contributed by atoms with E-state index in [0.717, 1.165) is 12.8 Å². The summed E-state index contributed by atoms with van der Waals surface area (Å²) in [5.74, 6) is 0.570. The maximum atomic E-state index is 14.3. The molecule has 3 heterocycles. The van der Waals surface area contributed by atoms with E-state index in [0.29, 0.717) is 23.6 Å². The van der Waals surface area contributed by atoms with Crippen molar-refractivity contribution in [1.82, 2.24) is 14.6 Å². The summed E-state index contributed by atoms with van der Waals surface area (Å²) in [7, 11) is 0. The van der Waals surface area contributed by atoms with Gasteiger partial charge in [-0.3, -0.25) is 0 Å². The summed E-state index contributed by atoms with van der Waals surface area (Å²) >= 11 is 0. The quantitative estimate of drug-likeness (QED) is 0.511. The zero-order chi connectivity index (χ0) is 22.0. The molecule has 2 aromatic heterocycles. The maximum Gasteiger partial charge on any atom is 0.410 e. The van der Waals surface area contributed by atoms with Crippen molar-refractivity contribution >= 4 is 17.6 Å². The number of ether oxygens (including phenoxy) is 2. The molecule has 1 fully saturated rings. The highest BCUT2D eigenvalue weighted by Gasteiger charge is 2.28. The molecule has 0 radical (unpaired) electrons. The average Bonchev–Trinajstić information content (AvgIpc) is 3.38. The third-order valence-electron chi connectivity index (χ3n) is 5.01. The second-order valence-electron chi connectivity index (χ2n) is 7.20. The van der Waals surface area contributed by atoms with Gasteiger partial charge in [0.1, 0.15) is 30.1 Å². The number of fused-ring (bicyclic) bond motifs is 1. The van der Waals surface area contributed by atoms with Crippen molar-refractivity contribution in [2.45, 2.75) is 25.0 Å². The Morgan fingerprint density at radius 1 is 1.39 bits per heavy atom. The van der Waals surface area contributed by atoms with Crippen molar-refractivity contribution in [3.05, 3.63) is 48.0 Å². The summed E-state index contributed by atoms with van der Waals surface area (Å²) in [5, 5.41) is 22.5. The number of rotatable bonds is 7. The van der Waals surface area contributed by atoms with Crippen molar-refractivity contribution < 1.29 is 28.9 Å². The molecule has 0 spiro atoms. The number of primary amides is 1. The minimum Gasteiger partial charge on any atom is -0.491 e. The number of nitrogens with two attached hydrogens (primary N) is 1. The second kappa shape index (κ2) is 8.74. The normalized spacial score (nSPS) is 17.1. The van der Waals surface area contributed by atoms with Crippen LogP contribution in [0.4, 0.5) is 15.0 Å². The van der Waals surface area contributed by atoms with Gasteiger partial charge in [0.25, 0.3) is 0 Å². The number of carbonyl (C=O) groups is 1. The molecule has 4 N–H and O–H groups in total. The van der Waals surface area contributed by atoms with Gasteiger partial charge in [0.2, 0.25) is 5.65 Å². The second-order valence-corrected chi connectivity index (χ2v) is 7.20. The van der Waals surface area contributed by atoms with E-state index >= 15 is 0 Å². The molecule has 3 aromatic rings. The molecule has 4 rings (SSSR count). The lowest BCUT2D eigenvalue weighted by atomic mass is 10.0. The van der Waals surface area contributed by atoms with Crippen LogP contribution in [0.2, 0.25) is 0 Å². The number of aromatic nitrogens is 3. The van der Waals surface area contributed by atoms with Crippen LogP contribution in [0.15, 0.2) is 36.7 Å². The summed E-state index contributed by atoms with van der Waals surface area (Å²) in [6.07, 6.45) is 2.70. The predicted molar refractivity (Wildman–Crippen MR) is 108 cm³/mol. The fourth-order valence-electron chi connectivity index (χ4n) is 3.67. The van der Waals surface area contributed by atoms with E-state index in [9.17, 15) is 14.3 Å². The first kappa shape index (κ1) is 20.8. The summed E-state index contributed by atoms with van der Waals surface area (Å²) < 4.78 is 26.1. The van der Waals surface area contributed by atoms with Gasteiger partial charge >= 0.3 is 6.09 Å². The van der Waals surface area contributed by atoms with Gasteiger partial charge in [-0.05, 0) is 36.6 Å². The summed E-state index contributed by atoms with van der Waals surface area (Å²) in [4.78, 5) is 17.7. The van der Waals surface area contributed by atoms with E-state index in [-0.39, 0.29) is 24.1 Å². The molecular formula is C20H22FN5O5. The zero-order valence-electron chi connectivity index (χ0n) is 16.5. The van der Waals surface area contributed by atoms with Gasteiger partial charge in [-0.2, -0.15) is 5.10 Å². The molecule has 2 atom stereocenters. The van der Waals surface area contributed by atoms with Gasteiger partial charge in [-0.15, -0.1) is 0 Å². The Hall–Kier alpha value is -3.44. The number of aliphatic hydroxyl groups is 2. The van der Waals surface area contributed by atoms with E-state index in [1.54, 1.807) is 18.3 Å². The maximum absolute atomic E-state index is 14.3. The van der Waals surface area contributed by atoms with Gasteiger partial charge in [0.15, 0.2) is 5.75 Å². The van der Waals surface area contributed by atoms with Crippen LogP contribution in [-0.4, -0.2) is 56.8 Å². The van der Waals surface area contributed by atoms with Crippen LogP contribution in [0.5, 0.6) is 11.5 Å². The van der Waals surface area contributed by atoms with Crippen LogP contribution in [0.1, 0.15) is 24.4 Å². The average molecular weight is 431 g/mol. The summed E-state index contributed by atoms with van der Waals surface area (Å²) in [6.45, 7) is 0.114. The van der Waals surface area contributed by atoms with Crippen molar-refractivity contribution in [2.75, 3.05) is 24.7 Å². The largest absolute Gasteiger partial charge is 0.491 e. The van der Waals surface area contributed by atoms with Crippen LogP contribution in [0.25, 0.3) is 5.65 Å². The highest BCUT2D eigenvalue weighted by atomic mass is 19.1. The Morgan fingerprint density at radius 3 is 3.00 bits per heavy atom. The van der Waals surface area contributed by atoms with Crippen molar-refractivity contribution in [1.29, 1.82) is 0 Å². The molecule has 1 aliphatic heterocycles. The van der Waals surface area contributed by atoms with Crippen molar-refractivity contribution in [2.24, 2.45) is 5.73 Å². The van der Waals surface area contributed by atoms with E-state index in [1.165, 1.54) is 22.8 Å². The number of anilines is 1. The Morgan fingerprint density at radius 2 is 2.23 bits per heavy atom. The van der Waals surface area contributed by atoms with Crippen molar-refractivity contribution in [3.8, 4) is 11.5 Å². The number of nitrogens with zero attached hydrogens (tertiary/aromatic N) is 4. The number of carbonyl (C=O) groups excluding carboxylic acids is 1. The molecule has 0 aliphatic carbocycles. The van der Waals surface area contributed by atoms with Crippen LogP contribution < -0.4 is 20.1 Å². The first-order chi connectivity index (χ1) is 14.9. The minimum absolute atomic E-state index is 0.143. The van der Waals surface area contributed by atoms with Crippen LogP contribution in [0, 0.1) is 5.82 Å². The lowest BCUT2D eigenvalue weighted by Crippen LogP contribution is -2.24. The molecule has 1 amide bonds. The molecule has 1 saturated heterocycles. The van der Waals surface area contributed by atoms with Crippen molar-refractivity contribution in [3.63, 3.8) is 0 Å². The molecule has 0 bridgehead atoms. The Kier molecular flexibility index (Phi) is 5.87. The molecule has 0 saturated carbocycles. The zero-order valence-corrected chi connectivity index (χ0v) is 16.5. The third-order valence-corrected chi connectivity index (χ3v) is 5.01. The minimum atomic E-state index is -1.04. The Balaban J connectivity index is 1.62. The molecule has 10 nitrogen and oxygen atoms in total. The summed E-state index contributed by atoms with van der Waals surface area (Å²) in [6, 6.07) is 6.02. The van der Waals surface area contributed by atoms with Gasteiger partial charge in [0.05, 0.1) is 18.8 Å². The Labute approximate surface area is 176 Å². The SMILES string of the molecule is NC(=O)Oc1cnn2ccc(N3CCC[C@@H]3c3cc(F)cc(OCC(O)CO)c3)nc12. The monoisotopic (exact) mass is 431 g/mol. The number of halogens is 1. The number of amides is 1. The molecule has 1 aliphatic rings. The molecule has 1 aromatic carbocycles. The fraction of sp³-hybridized carbons (Fsp3) is 0.350. The first-order valence-corrected chi connectivity index (χ1v) is 9.75. The van der Waals surface area contributed by atoms with E-state index < -0.39 is 24.6 Å². The molecule has 1 unspecified atom stereocenters. The van der Waals surface area contributed by atoms with E-state index in [1.807, 2.05) is 4.90 Å². The fourth-order valence-corrected chi connectivity index (χ4v) is 3.67. The number of hydrogen-bond acceptors (Lipinski definition) is 8. The van der Waals surface area contributed by atoms with Gasteiger partial charge < -0.3 is 30.3 Å². The molecule has 11 heteroatoms. The number of hydrogen-bond donors (Lipinski definition) is 3. The molecule has 31 heavy (non-hydrogen) atoms. The topological polar surface area (TPSA) is 135 Å². The molecular weight excluding hydrogens is 409 g/mol. The highest BCUT2D eigenvalue weighted by Crippen LogP contribution is 2.37. The standard InChI is InChI=1S/C20H22FN5O5/c21-13-6-12(7-15(8-13)30-11-14(28)10-27)16-2-1-4-25(16)18-3-5-26-19(24-18)17(9-23-26)31-20(22)29/h3,5-9,14,16,27-28H,1-2,4,10-11H2,(H2,22,29)/t14?,16-/m1/s1. The smallest absolute Gasteiger partial charge is 0.410 e. The predicted octanol–water partition coefficient (Wildman–Crippen LogP) is 1.40. The molecule has 164 valence electrons. The first-order valence-electron chi connectivity index (χ1n) is 9.75. The summed E-state index contributed by atoms with van der Waals surface area (Å²) in [5.41, 5.74) is 6.14. The van der Waals surface area contributed by atoms with Gasteiger partial charge in [0, 0.05) is 18.8 Å². The van der Waals surface area contributed by atoms with Gasteiger partial charge in [-0.25, -0.2) is 18.7 Å². The van der Waals surface area contributed by atoms with Crippen LogP contribution in [0.3, 0.4) is 0 Å². The third kappa shape index (κ3) is 4.52. The number of aliphatic hydroxyl groups excluding tert-OH is 2. The van der Waals surface area contributed by atoms with E-state index in [4.69, 9.17) is 20.3 Å². The Bertz CT molecular complexity index is 1090. The van der Waals surface area contributed by atoms with E-state index in [2.05, 4.69) is 10.1 Å². The van der Waals surface area contributed by atoms with Crippen LogP contribution in [-0.2, 0) is 0 Å².